The molecule has 0 atom stereocenters. The van der Waals surface area contributed by atoms with Gasteiger partial charge in [-0.15, -0.1) is 0 Å². The molecule has 2 heterocycles. The molecule has 6 heteroatoms. The molecule has 188 valence electrons. The summed E-state index contributed by atoms with van der Waals surface area (Å²) in [6.45, 7) is 1.46. The first-order chi connectivity index (χ1) is 18.6. The fraction of sp³-hybridized carbons (Fsp3) is 0.0625. The number of fused-ring (bicyclic) bond motifs is 2. The summed E-state index contributed by atoms with van der Waals surface area (Å²) < 4.78 is 4.17. The minimum absolute atomic E-state index is 0.726. The zero-order valence-electron chi connectivity index (χ0n) is 20.4. The van der Waals surface area contributed by atoms with Gasteiger partial charge in [0.05, 0.1) is 0 Å². The highest BCUT2D eigenvalue weighted by molar-refractivity contribution is 6.30. The van der Waals surface area contributed by atoms with Gasteiger partial charge in [-0.05, 0) is 47.5 Å². The molecule has 0 aliphatic heterocycles. The topological polar surface area (TPSA) is 44.0 Å². The van der Waals surface area contributed by atoms with Gasteiger partial charge in [0.15, 0.2) is 12.6 Å². The van der Waals surface area contributed by atoms with Crippen molar-refractivity contribution < 1.29 is 9.59 Å². The maximum atomic E-state index is 11.1. The van der Waals surface area contributed by atoms with Crippen molar-refractivity contribution in [3.05, 3.63) is 142 Å². The zero-order valence-corrected chi connectivity index (χ0v) is 21.9. The number of benzene rings is 4. The average molecular weight is 539 g/mol. The molecule has 6 rings (SSSR count). The molecule has 0 aliphatic carbocycles. The summed E-state index contributed by atoms with van der Waals surface area (Å²) >= 11 is 11.8. The predicted molar refractivity (Wildman–Crippen MR) is 156 cm³/mol. The first-order valence-electron chi connectivity index (χ1n) is 12.1. The number of hydrogen-bond acceptors (Lipinski definition) is 2. The molecule has 6 aromatic rings. The fourth-order valence-electron chi connectivity index (χ4n) is 4.57. The van der Waals surface area contributed by atoms with E-state index < -0.39 is 0 Å². The second-order valence-electron chi connectivity index (χ2n) is 8.95. The Kier molecular flexibility index (Phi) is 7.73. The number of aldehydes is 2. The molecule has 38 heavy (non-hydrogen) atoms. The number of hydrogen-bond donors (Lipinski definition) is 0. The van der Waals surface area contributed by atoms with Crippen LogP contribution >= 0.6 is 23.2 Å². The molecule has 0 radical (unpaired) electrons. The van der Waals surface area contributed by atoms with Crippen molar-refractivity contribution in [3.63, 3.8) is 0 Å². The lowest BCUT2D eigenvalue weighted by Gasteiger charge is -2.05. The monoisotopic (exact) mass is 538 g/mol. The van der Waals surface area contributed by atoms with Crippen LogP contribution in [0.1, 0.15) is 31.8 Å². The van der Waals surface area contributed by atoms with E-state index in [1.807, 2.05) is 109 Å². The molecular weight excluding hydrogens is 515 g/mol. The summed E-state index contributed by atoms with van der Waals surface area (Å²) in [5.74, 6) is 0. The SMILES string of the molecule is O=Cc1cn(Cc2ccc(Cl)cc2)c2ccccc12.O=Cc1cn(Cc2ccc(Cl)cc2)c2ccccc12. The Bertz CT molecular complexity index is 1590. The lowest BCUT2D eigenvalue weighted by molar-refractivity contribution is 0.111. The van der Waals surface area contributed by atoms with Crippen LogP contribution in [0.2, 0.25) is 10.0 Å². The van der Waals surface area contributed by atoms with E-state index in [9.17, 15) is 9.59 Å². The largest absolute Gasteiger partial charge is 0.342 e. The molecular formula is C32H24Cl2N2O2. The van der Waals surface area contributed by atoms with Gasteiger partial charge in [-0.3, -0.25) is 9.59 Å². The number of carbonyl (C=O) groups is 2. The van der Waals surface area contributed by atoms with Gasteiger partial charge in [0.25, 0.3) is 0 Å². The number of nitrogens with zero attached hydrogens (tertiary/aromatic N) is 2. The molecule has 2 aromatic heterocycles. The second kappa shape index (κ2) is 11.5. The summed E-state index contributed by atoms with van der Waals surface area (Å²) in [5.41, 5.74) is 5.90. The van der Waals surface area contributed by atoms with E-state index >= 15 is 0 Å². The molecule has 0 saturated heterocycles. The first-order valence-corrected chi connectivity index (χ1v) is 12.9. The lowest BCUT2D eigenvalue weighted by atomic mass is 10.2. The van der Waals surface area contributed by atoms with Gasteiger partial charge < -0.3 is 9.13 Å². The van der Waals surface area contributed by atoms with E-state index in [4.69, 9.17) is 23.2 Å². The number of para-hydroxylation sites is 2. The van der Waals surface area contributed by atoms with Crippen molar-refractivity contribution in [3.8, 4) is 0 Å². The molecule has 0 N–H and O–H groups in total. The minimum atomic E-state index is 0.726. The van der Waals surface area contributed by atoms with Crippen LogP contribution in [-0.4, -0.2) is 21.7 Å². The van der Waals surface area contributed by atoms with Gasteiger partial charge in [-0.1, -0.05) is 83.9 Å². The quantitative estimate of drug-likeness (QED) is 0.200. The predicted octanol–water partition coefficient (Wildman–Crippen LogP) is 8.31. The van der Waals surface area contributed by atoms with Crippen molar-refractivity contribution in [2.45, 2.75) is 13.1 Å². The summed E-state index contributed by atoms with van der Waals surface area (Å²) in [6.07, 6.45) is 5.60. The summed E-state index contributed by atoms with van der Waals surface area (Å²) in [6, 6.07) is 31.4. The van der Waals surface area contributed by atoms with Crippen LogP contribution in [0.5, 0.6) is 0 Å². The summed E-state index contributed by atoms with van der Waals surface area (Å²) in [4.78, 5) is 22.2. The average Bonchev–Trinajstić information content (AvgIpc) is 3.49. The van der Waals surface area contributed by atoms with E-state index in [0.717, 1.165) is 79.8 Å². The Labute approximate surface area is 230 Å². The number of rotatable bonds is 6. The van der Waals surface area contributed by atoms with Crippen molar-refractivity contribution in [2.75, 3.05) is 0 Å². The third kappa shape index (κ3) is 5.57. The van der Waals surface area contributed by atoms with Crippen molar-refractivity contribution >= 4 is 57.6 Å². The Morgan fingerprint density at radius 1 is 0.526 bits per heavy atom. The van der Waals surface area contributed by atoms with Crippen LogP contribution < -0.4 is 0 Å². The van der Waals surface area contributed by atoms with Crippen LogP contribution in [0, 0.1) is 0 Å². The zero-order chi connectivity index (χ0) is 26.5. The van der Waals surface area contributed by atoms with E-state index in [1.54, 1.807) is 0 Å². The first kappa shape index (κ1) is 25.5. The van der Waals surface area contributed by atoms with Gasteiger partial charge in [-0.25, -0.2) is 0 Å². The molecule has 0 saturated carbocycles. The van der Waals surface area contributed by atoms with Gasteiger partial charge in [0.1, 0.15) is 0 Å². The van der Waals surface area contributed by atoms with Gasteiger partial charge >= 0.3 is 0 Å². The number of aromatic nitrogens is 2. The normalized spacial score (nSPS) is 10.8. The Balaban J connectivity index is 0.000000155. The van der Waals surface area contributed by atoms with Gasteiger partial charge in [0.2, 0.25) is 0 Å². The molecule has 4 nitrogen and oxygen atoms in total. The van der Waals surface area contributed by atoms with E-state index in [1.165, 1.54) is 0 Å². The van der Waals surface area contributed by atoms with Crippen LogP contribution in [0.4, 0.5) is 0 Å². The lowest BCUT2D eigenvalue weighted by Crippen LogP contribution is -1.97. The van der Waals surface area contributed by atoms with Crippen molar-refractivity contribution in [2.24, 2.45) is 0 Å². The van der Waals surface area contributed by atoms with Crippen LogP contribution in [-0.2, 0) is 13.1 Å². The molecule has 0 aliphatic rings. The minimum Gasteiger partial charge on any atom is -0.342 e. The second-order valence-corrected chi connectivity index (χ2v) is 9.82. The standard InChI is InChI=1S/2C16H12ClNO/c2*17-14-7-5-12(6-8-14)9-18-10-13(11-19)15-3-1-2-4-16(15)18/h2*1-8,10-11H,9H2. The summed E-state index contributed by atoms with van der Waals surface area (Å²) in [5, 5.41) is 3.45. The fourth-order valence-corrected chi connectivity index (χ4v) is 4.82. The van der Waals surface area contributed by atoms with E-state index in [0.29, 0.717) is 0 Å². The summed E-state index contributed by atoms with van der Waals surface area (Å²) in [7, 11) is 0. The Hall–Kier alpha value is -4.12. The van der Waals surface area contributed by atoms with Crippen LogP contribution in [0.25, 0.3) is 21.8 Å². The molecule has 0 unspecified atom stereocenters. The number of carbonyl (C=O) groups excluding carboxylic acids is 2. The Morgan fingerprint density at radius 2 is 0.895 bits per heavy atom. The van der Waals surface area contributed by atoms with E-state index in [2.05, 4.69) is 9.13 Å². The highest BCUT2D eigenvalue weighted by Gasteiger charge is 2.08. The number of halogens is 2. The highest BCUT2D eigenvalue weighted by Crippen LogP contribution is 2.23. The molecule has 0 amide bonds. The Morgan fingerprint density at radius 3 is 1.26 bits per heavy atom. The molecule has 0 bridgehead atoms. The maximum Gasteiger partial charge on any atom is 0.152 e. The molecule has 0 spiro atoms. The smallest absolute Gasteiger partial charge is 0.152 e. The van der Waals surface area contributed by atoms with Gasteiger partial charge in [-0.2, -0.15) is 0 Å². The maximum absolute atomic E-state index is 11.1. The van der Waals surface area contributed by atoms with Crippen molar-refractivity contribution in [1.29, 1.82) is 0 Å². The van der Waals surface area contributed by atoms with E-state index in [-0.39, 0.29) is 0 Å². The highest BCUT2D eigenvalue weighted by atomic mass is 35.5. The third-order valence-electron chi connectivity index (χ3n) is 6.43. The van der Waals surface area contributed by atoms with Crippen LogP contribution in [0.3, 0.4) is 0 Å². The van der Waals surface area contributed by atoms with Crippen LogP contribution in [0.15, 0.2) is 109 Å². The molecule has 0 fully saturated rings. The van der Waals surface area contributed by atoms with Gasteiger partial charge in [0, 0.05) is 68.5 Å². The third-order valence-corrected chi connectivity index (χ3v) is 6.93. The molecule has 4 aromatic carbocycles. The van der Waals surface area contributed by atoms with Crippen molar-refractivity contribution in [1.82, 2.24) is 9.13 Å².